The van der Waals surface area contributed by atoms with Crippen LogP contribution >= 0.6 is 0 Å². The Bertz CT molecular complexity index is 370. The lowest BCUT2D eigenvalue weighted by Crippen LogP contribution is -2.54. The zero-order valence-electron chi connectivity index (χ0n) is 12.8. The van der Waals surface area contributed by atoms with Crippen LogP contribution in [0.3, 0.4) is 0 Å². The molecule has 1 rings (SSSR count). The predicted octanol–water partition coefficient (Wildman–Crippen LogP) is 3.92. The Morgan fingerprint density at radius 1 is 1.17 bits per heavy atom. The minimum absolute atomic E-state index is 0.0748. The lowest BCUT2D eigenvalue weighted by atomic mass is 9.51. The van der Waals surface area contributed by atoms with E-state index in [1.54, 1.807) is 0 Å². The lowest BCUT2D eigenvalue weighted by Gasteiger charge is -2.51. The monoisotopic (exact) mass is 249 g/mol. The molecule has 0 spiro atoms. The molecule has 0 heterocycles. The molecule has 0 aromatic rings. The number of Topliss-reactive ketones (excluding diaryl/α,β-unsaturated/α-hetero) is 1. The Labute approximate surface area is 112 Å². The van der Waals surface area contributed by atoms with Crippen LogP contribution in [0.2, 0.25) is 0 Å². The highest BCUT2D eigenvalue weighted by molar-refractivity contribution is 5.88. The van der Waals surface area contributed by atoms with Gasteiger partial charge in [-0.3, -0.25) is 4.79 Å². The number of hydrogen-bond donors (Lipinski definition) is 0. The summed E-state index contributed by atoms with van der Waals surface area (Å²) >= 11 is 0. The lowest BCUT2D eigenvalue weighted by molar-refractivity contribution is -0.151. The maximum atomic E-state index is 12.8. The summed E-state index contributed by atoms with van der Waals surface area (Å²) in [4.78, 5) is 12.8. The van der Waals surface area contributed by atoms with Gasteiger partial charge in [0.25, 0.3) is 0 Å². The molecule has 0 N–H and O–H groups in total. The molecule has 7 unspecified atom stereocenters. The van der Waals surface area contributed by atoms with Crippen molar-refractivity contribution >= 4 is 5.78 Å². The Hall–Kier alpha value is -0.840. The van der Waals surface area contributed by atoms with Crippen LogP contribution in [-0.4, -0.2) is 5.78 Å². The van der Waals surface area contributed by atoms with Gasteiger partial charge in [-0.25, -0.2) is 0 Å². The summed E-state index contributed by atoms with van der Waals surface area (Å²) in [6.07, 6.45) is 0. The summed E-state index contributed by atoms with van der Waals surface area (Å²) in [5.41, 5.74) is -0.361. The van der Waals surface area contributed by atoms with E-state index in [1.165, 1.54) is 0 Å². The molecule has 0 amide bonds. The third kappa shape index (κ3) is 1.98. The minimum atomic E-state index is -0.361. The first kappa shape index (κ1) is 15.2. The van der Waals surface area contributed by atoms with Crippen LogP contribution in [0.1, 0.15) is 48.5 Å². The average Bonchev–Trinajstić information content (AvgIpc) is 2.38. The number of carbonyl (C=O) groups is 1. The third-order valence-electron chi connectivity index (χ3n) is 6.20. The SMILES string of the molecule is CC(C#N)C(C)C1(C)C(=O)C(C)C(C)C(C)C1C. The smallest absolute Gasteiger partial charge is 0.142 e. The summed E-state index contributed by atoms with van der Waals surface area (Å²) in [5, 5.41) is 9.15. The molecule has 18 heavy (non-hydrogen) atoms. The maximum absolute atomic E-state index is 12.8. The van der Waals surface area contributed by atoms with E-state index < -0.39 is 0 Å². The van der Waals surface area contributed by atoms with Crippen LogP contribution in [0.15, 0.2) is 0 Å². The molecule has 0 saturated heterocycles. The van der Waals surface area contributed by atoms with E-state index >= 15 is 0 Å². The zero-order chi connectivity index (χ0) is 14.2. The Morgan fingerprint density at radius 3 is 2.11 bits per heavy atom. The molecule has 102 valence electrons. The van der Waals surface area contributed by atoms with Gasteiger partial charge in [0, 0.05) is 17.3 Å². The number of nitriles is 1. The van der Waals surface area contributed by atoms with Gasteiger partial charge >= 0.3 is 0 Å². The molecule has 7 atom stereocenters. The Kier molecular flexibility index (Phi) is 4.26. The van der Waals surface area contributed by atoms with E-state index in [9.17, 15) is 4.79 Å². The van der Waals surface area contributed by atoms with E-state index in [0.29, 0.717) is 23.5 Å². The summed E-state index contributed by atoms with van der Waals surface area (Å²) in [6, 6.07) is 2.32. The van der Waals surface area contributed by atoms with Crippen LogP contribution in [0, 0.1) is 52.3 Å². The standard InChI is InChI=1S/C16H27NO/c1-9(8-17)13(5)16(7)14(6)11(3)10(2)12(4)15(16)18/h9-14H,1-7H3. The fourth-order valence-electron chi connectivity index (χ4n) is 3.68. The maximum Gasteiger partial charge on any atom is 0.142 e. The molecule has 0 aliphatic heterocycles. The van der Waals surface area contributed by atoms with Crippen LogP contribution in [-0.2, 0) is 4.79 Å². The van der Waals surface area contributed by atoms with E-state index in [4.69, 9.17) is 5.26 Å². The van der Waals surface area contributed by atoms with Crippen molar-refractivity contribution in [1.82, 2.24) is 0 Å². The normalized spacial score (nSPS) is 44.2. The second-order valence-corrected chi connectivity index (χ2v) is 6.65. The van der Waals surface area contributed by atoms with E-state index in [-0.39, 0.29) is 23.2 Å². The molecule has 1 aliphatic carbocycles. The van der Waals surface area contributed by atoms with Crippen LogP contribution in [0.25, 0.3) is 0 Å². The van der Waals surface area contributed by atoms with Crippen molar-refractivity contribution in [2.24, 2.45) is 40.9 Å². The molecular weight excluding hydrogens is 222 g/mol. The first-order chi connectivity index (χ1) is 8.19. The second-order valence-electron chi connectivity index (χ2n) is 6.65. The third-order valence-corrected chi connectivity index (χ3v) is 6.20. The van der Waals surface area contributed by atoms with Gasteiger partial charge in [-0.05, 0) is 30.6 Å². The molecule has 1 saturated carbocycles. The van der Waals surface area contributed by atoms with Gasteiger partial charge in [-0.2, -0.15) is 5.26 Å². The predicted molar refractivity (Wildman–Crippen MR) is 73.7 cm³/mol. The molecule has 0 radical (unpaired) electrons. The van der Waals surface area contributed by atoms with Crippen molar-refractivity contribution in [2.75, 3.05) is 0 Å². The van der Waals surface area contributed by atoms with E-state index in [2.05, 4.69) is 47.6 Å². The minimum Gasteiger partial charge on any atom is -0.299 e. The molecule has 0 aromatic heterocycles. The molecule has 2 heteroatoms. The van der Waals surface area contributed by atoms with Crippen molar-refractivity contribution in [2.45, 2.75) is 48.5 Å². The summed E-state index contributed by atoms with van der Waals surface area (Å²) in [7, 11) is 0. The fourth-order valence-corrected chi connectivity index (χ4v) is 3.68. The van der Waals surface area contributed by atoms with Gasteiger partial charge in [0.15, 0.2) is 0 Å². The number of hydrogen-bond acceptors (Lipinski definition) is 2. The van der Waals surface area contributed by atoms with Crippen molar-refractivity contribution < 1.29 is 4.79 Å². The Balaban J connectivity index is 3.19. The molecule has 1 fully saturated rings. The quantitative estimate of drug-likeness (QED) is 0.744. The molecule has 0 aromatic carbocycles. The highest BCUT2D eigenvalue weighted by Crippen LogP contribution is 2.52. The number of carbonyl (C=O) groups excluding carboxylic acids is 1. The van der Waals surface area contributed by atoms with Crippen molar-refractivity contribution in [1.29, 1.82) is 5.26 Å². The van der Waals surface area contributed by atoms with Gasteiger partial charge in [0.1, 0.15) is 5.78 Å². The highest BCUT2D eigenvalue weighted by atomic mass is 16.1. The van der Waals surface area contributed by atoms with Crippen LogP contribution in [0.4, 0.5) is 0 Å². The molecular formula is C16H27NO. The summed E-state index contributed by atoms with van der Waals surface area (Å²) in [5.74, 6) is 1.80. The van der Waals surface area contributed by atoms with Gasteiger partial charge in [-0.1, -0.05) is 41.5 Å². The van der Waals surface area contributed by atoms with E-state index in [0.717, 1.165) is 0 Å². The van der Waals surface area contributed by atoms with Crippen molar-refractivity contribution in [3.8, 4) is 6.07 Å². The second kappa shape index (κ2) is 5.03. The fraction of sp³-hybridized carbons (Fsp3) is 0.875. The molecule has 0 bridgehead atoms. The summed E-state index contributed by atoms with van der Waals surface area (Å²) in [6.45, 7) is 14.8. The number of rotatable bonds is 2. The van der Waals surface area contributed by atoms with Gasteiger partial charge in [-0.15, -0.1) is 0 Å². The van der Waals surface area contributed by atoms with Crippen molar-refractivity contribution in [3.05, 3.63) is 0 Å². The summed E-state index contributed by atoms with van der Waals surface area (Å²) < 4.78 is 0. The van der Waals surface area contributed by atoms with Gasteiger partial charge in [0.2, 0.25) is 0 Å². The van der Waals surface area contributed by atoms with Gasteiger partial charge in [0.05, 0.1) is 6.07 Å². The van der Waals surface area contributed by atoms with E-state index in [1.807, 2.05) is 6.92 Å². The first-order valence-electron chi connectivity index (χ1n) is 7.13. The van der Waals surface area contributed by atoms with Gasteiger partial charge < -0.3 is 0 Å². The Morgan fingerprint density at radius 2 is 1.67 bits per heavy atom. The van der Waals surface area contributed by atoms with Crippen LogP contribution in [0.5, 0.6) is 0 Å². The van der Waals surface area contributed by atoms with Crippen molar-refractivity contribution in [3.63, 3.8) is 0 Å². The number of ketones is 1. The zero-order valence-corrected chi connectivity index (χ0v) is 12.8. The molecule has 1 aliphatic rings. The highest BCUT2D eigenvalue weighted by Gasteiger charge is 2.53. The average molecular weight is 249 g/mol. The molecule has 2 nitrogen and oxygen atoms in total. The largest absolute Gasteiger partial charge is 0.299 e. The first-order valence-corrected chi connectivity index (χ1v) is 7.13. The van der Waals surface area contributed by atoms with Crippen LogP contribution < -0.4 is 0 Å². The topological polar surface area (TPSA) is 40.9 Å². The number of nitrogens with zero attached hydrogens (tertiary/aromatic N) is 1.